The Morgan fingerprint density at radius 1 is 0.929 bits per heavy atom. The molecule has 0 bridgehead atoms. The average Bonchev–Trinajstić information content (AvgIpc) is 2.66. The van der Waals surface area contributed by atoms with Gasteiger partial charge in [-0.05, 0) is 49.2 Å². The van der Waals surface area contributed by atoms with Crippen LogP contribution in [0.2, 0.25) is 0 Å². The molecule has 0 saturated carbocycles. The molecule has 0 heterocycles. The summed E-state index contributed by atoms with van der Waals surface area (Å²) in [6.07, 6.45) is -0.395. The Labute approximate surface area is 164 Å². The van der Waals surface area contributed by atoms with Crippen molar-refractivity contribution in [1.82, 2.24) is 0 Å². The quantitative estimate of drug-likeness (QED) is 0.525. The van der Waals surface area contributed by atoms with Crippen LogP contribution >= 0.6 is 0 Å². The molecule has 0 unspecified atom stereocenters. The molecule has 6 nitrogen and oxygen atoms in total. The van der Waals surface area contributed by atoms with Gasteiger partial charge in [-0.3, -0.25) is 9.59 Å². The average molecular weight is 383 g/mol. The maximum atomic E-state index is 12.2. The van der Waals surface area contributed by atoms with Crippen molar-refractivity contribution in [2.24, 2.45) is 5.92 Å². The van der Waals surface area contributed by atoms with E-state index >= 15 is 0 Å². The van der Waals surface area contributed by atoms with Gasteiger partial charge in [0, 0.05) is 17.7 Å². The van der Waals surface area contributed by atoms with Crippen LogP contribution in [0.15, 0.2) is 54.6 Å². The molecule has 0 radical (unpaired) electrons. The molecule has 2 aromatic rings. The molecule has 0 aliphatic heterocycles. The molecule has 2 aromatic carbocycles. The molecule has 0 spiro atoms. The van der Waals surface area contributed by atoms with Gasteiger partial charge in [0.15, 0.2) is 18.5 Å². The predicted molar refractivity (Wildman–Crippen MR) is 106 cm³/mol. The van der Waals surface area contributed by atoms with Gasteiger partial charge in [-0.2, -0.15) is 0 Å². The van der Waals surface area contributed by atoms with E-state index in [1.54, 1.807) is 55.5 Å². The summed E-state index contributed by atoms with van der Waals surface area (Å²) in [6, 6.07) is 15.4. The zero-order chi connectivity index (χ0) is 20.5. The molecule has 2 rings (SSSR count). The number of ketones is 1. The van der Waals surface area contributed by atoms with Crippen molar-refractivity contribution in [1.29, 1.82) is 0 Å². The van der Waals surface area contributed by atoms with Crippen molar-refractivity contribution in [3.63, 3.8) is 0 Å². The molecule has 1 atom stereocenters. The van der Waals surface area contributed by atoms with Gasteiger partial charge in [-0.25, -0.2) is 4.79 Å². The maximum Gasteiger partial charge on any atom is 0.347 e. The summed E-state index contributed by atoms with van der Waals surface area (Å²) in [5.74, 6) is -0.206. The highest BCUT2D eigenvalue weighted by molar-refractivity contribution is 5.99. The van der Waals surface area contributed by atoms with Crippen molar-refractivity contribution >= 4 is 23.3 Å². The molecule has 0 saturated heterocycles. The third-order valence-electron chi connectivity index (χ3n) is 3.82. The third-order valence-corrected chi connectivity index (χ3v) is 3.82. The van der Waals surface area contributed by atoms with Gasteiger partial charge in [-0.1, -0.05) is 32.0 Å². The van der Waals surface area contributed by atoms with E-state index in [2.05, 4.69) is 5.32 Å². The number of nitrogens with one attached hydrogen (secondary N) is 1. The smallest absolute Gasteiger partial charge is 0.347 e. The Bertz CT molecular complexity index is 799. The van der Waals surface area contributed by atoms with E-state index in [1.807, 2.05) is 19.9 Å². The molecule has 0 aliphatic rings. The summed E-state index contributed by atoms with van der Waals surface area (Å²) in [5, 5.41) is 2.78. The fourth-order valence-corrected chi connectivity index (χ4v) is 2.41. The molecule has 0 aliphatic carbocycles. The first-order chi connectivity index (χ1) is 13.3. The number of ether oxygens (including phenoxy) is 2. The number of carbonyl (C=O) groups is 3. The van der Waals surface area contributed by atoms with E-state index in [1.165, 1.54) is 0 Å². The number of rotatable bonds is 9. The summed E-state index contributed by atoms with van der Waals surface area (Å²) >= 11 is 0. The van der Waals surface area contributed by atoms with Crippen LogP contribution in [0.5, 0.6) is 5.75 Å². The largest absolute Gasteiger partial charge is 0.479 e. The predicted octanol–water partition coefficient (Wildman–Crippen LogP) is 3.86. The van der Waals surface area contributed by atoms with Crippen LogP contribution in [0, 0.1) is 5.92 Å². The Balaban J connectivity index is 1.82. The summed E-state index contributed by atoms with van der Waals surface area (Å²) in [5.41, 5.74) is 1.01. The number of hydrogen-bond donors (Lipinski definition) is 1. The minimum absolute atomic E-state index is 0.0737. The van der Waals surface area contributed by atoms with Gasteiger partial charge >= 0.3 is 5.97 Å². The molecule has 28 heavy (non-hydrogen) atoms. The second-order valence-corrected chi connectivity index (χ2v) is 6.83. The third kappa shape index (κ3) is 6.87. The summed E-state index contributed by atoms with van der Waals surface area (Å²) in [7, 11) is 0. The van der Waals surface area contributed by atoms with Crippen LogP contribution in [0.1, 0.15) is 37.6 Å². The van der Waals surface area contributed by atoms with Crippen molar-refractivity contribution in [2.75, 3.05) is 11.9 Å². The molecule has 1 N–H and O–H groups in total. The van der Waals surface area contributed by atoms with Crippen LogP contribution in [0.3, 0.4) is 0 Å². The lowest BCUT2D eigenvalue weighted by Crippen LogP contribution is -2.28. The van der Waals surface area contributed by atoms with Crippen molar-refractivity contribution in [2.45, 2.75) is 33.3 Å². The Hall–Kier alpha value is -3.15. The number of esters is 1. The highest BCUT2D eigenvalue weighted by Gasteiger charge is 2.18. The molecule has 0 fully saturated rings. The first-order valence-corrected chi connectivity index (χ1v) is 9.16. The Morgan fingerprint density at radius 2 is 1.57 bits per heavy atom. The van der Waals surface area contributed by atoms with Crippen molar-refractivity contribution < 1.29 is 23.9 Å². The number of anilines is 1. The second kappa shape index (κ2) is 10.3. The molecular weight excluding hydrogens is 358 g/mol. The van der Waals surface area contributed by atoms with E-state index < -0.39 is 12.1 Å². The van der Waals surface area contributed by atoms with Crippen LogP contribution in [-0.4, -0.2) is 30.4 Å². The highest BCUT2D eigenvalue weighted by Crippen LogP contribution is 2.13. The van der Waals surface area contributed by atoms with Gasteiger partial charge in [0.25, 0.3) is 0 Å². The first kappa shape index (κ1) is 21.2. The van der Waals surface area contributed by atoms with Crippen LogP contribution < -0.4 is 10.1 Å². The summed E-state index contributed by atoms with van der Waals surface area (Å²) < 4.78 is 10.5. The normalized spacial score (nSPS) is 11.6. The summed E-state index contributed by atoms with van der Waals surface area (Å²) in [4.78, 5) is 36.0. The van der Waals surface area contributed by atoms with Crippen molar-refractivity contribution in [3.05, 3.63) is 60.2 Å². The lowest BCUT2D eigenvalue weighted by Gasteiger charge is -2.13. The number of benzene rings is 2. The number of Topliss-reactive ketones (excluding diaryl/α,β-unsaturated/α-hetero) is 1. The Kier molecular flexibility index (Phi) is 7.75. The topological polar surface area (TPSA) is 81.7 Å². The fourth-order valence-electron chi connectivity index (χ4n) is 2.41. The highest BCUT2D eigenvalue weighted by atomic mass is 16.6. The number of amides is 1. The van der Waals surface area contributed by atoms with E-state index in [-0.39, 0.29) is 24.2 Å². The molecular formula is C22H25NO5. The first-order valence-electron chi connectivity index (χ1n) is 9.16. The van der Waals surface area contributed by atoms with Gasteiger partial charge in [0.05, 0.1) is 0 Å². The van der Waals surface area contributed by atoms with Crippen LogP contribution in [0.25, 0.3) is 0 Å². The number of hydrogen-bond acceptors (Lipinski definition) is 5. The fraction of sp³-hybridized carbons (Fsp3) is 0.318. The number of carbonyl (C=O) groups excluding carboxylic acids is 3. The minimum Gasteiger partial charge on any atom is -0.479 e. The standard InChI is InChI=1S/C22H25NO5/c1-15(2)13-21(25)23-18-11-9-17(10-12-18)20(24)14-27-22(26)16(3)28-19-7-5-4-6-8-19/h4-12,15-16H,13-14H2,1-3H3,(H,23,25)/t16-/m0/s1. The molecule has 6 heteroatoms. The molecule has 1 amide bonds. The van der Waals surface area contributed by atoms with Crippen LogP contribution in [-0.2, 0) is 14.3 Å². The van der Waals surface area contributed by atoms with Gasteiger partial charge < -0.3 is 14.8 Å². The van der Waals surface area contributed by atoms with Crippen LogP contribution in [0.4, 0.5) is 5.69 Å². The van der Waals surface area contributed by atoms with E-state index in [0.29, 0.717) is 23.4 Å². The van der Waals surface area contributed by atoms with E-state index in [0.717, 1.165) is 0 Å². The second-order valence-electron chi connectivity index (χ2n) is 6.83. The minimum atomic E-state index is -0.825. The monoisotopic (exact) mass is 383 g/mol. The molecule has 0 aromatic heterocycles. The van der Waals surface area contributed by atoms with Gasteiger partial charge in [0.2, 0.25) is 5.91 Å². The zero-order valence-electron chi connectivity index (χ0n) is 16.3. The lowest BCUT2D eigenvalue weighted by atomic mass is 10.1. The maximum absolute atomic E-state index is 12.2. The SMILES string of the molecule is CC(C)CC(=O)Nc1ccc(C(=O)COC(=O)[C@H](C)Oc2ccccc2)cc1. The molecule has 148 valence electrons. The lowest BCUT2D eigenvalue weighted by molar-refractivity contribution is -0.149. The van der Waals surface area contributed by atoms with E-state index in [4.69, 9.17) is 9.47 Å². The number of para-hydroxylation sites is 1. The zero-order valence-corrected chi connectivity index (χ0v) is 16.3. The van der Waals surface area contributed by atoms with Gasteiger partial charge in [-0.15, -0.1) is 0 Å². The Morgan fingerprint density at radius 3 is 2.18 bits per heavy atom. The van der Waals surface area contributed by atoms with Crippen molar-refractivity contribution in [3.8, 4) is 5.75 Å². The summed E-state index contributed by atoms with van der Waals surface area (Å²) in [6.45, 7) is 5.12. The van der Waals surface area contributed by atoms with Gasteiger partial charge in [0.1, 0.15) is 5.75 Å². The van der Waals surface area contributed by atoms with E-state index in [9.17, 15) is 14.4 Å².